The Bertz CT molecular complexity index is 719. The third-order valence-corrected chi connectivity index (χ3v) is 5.06. The van der Waals surface area contributed by atoms with Gasteiger partial charge in [-0.15, -0.1) is 0 Å². The number of piperidine rings is 1. The molecule has 2 aromatic rings. The maximum absolute atomic E-state index is 12.6. The van der Waals surface area contributed by atoms with Gasteiger partial charge in [0.25, 0.3) is 0 Å². The van der Waals surface area contributed by atoms with E-state index in [0.717, 1.165) is 31.8 Å². The lowest BCUT2D eigenvalue weighted by Crippen LogP contribution is -2.41. The van der Waals surface area contributed by atoms with Crippen molar-refractivity contribution in [2.45, 2.75) is 31.5 Å². The molecule has 26 heavy (non-hydrogen) atoms. The standard InChI is InChI=1S/C19H20ClF3N2O/c1-12(26-18-7-4-14(10-25-18)19(21,22)23)16-8-9-24-11-17(16)13-2-5-15(20)6-3-13/h2-7,10,12,16-17,24H,8-9,11H2,1H3/t12-,16?,17+/m0/s1. The number of hydrogen-bond acceptors (Lipinski definition) is 3. The van der Waals surface area contributed by atoms with Crippen LogP contribution in [0.5, 0.6) is 5.88 Å². The number of halogens is 4. The zero-order chi connectivity index (χ0) is 18.7. The van der Waals surface area contributed by atoms with E-state index in [1.807, 2.05) is 31.2 Å². The summed E-state index contributed by atoms with van der Waals surface area (Å²) in [4.78, 5) is 3.81. The Morgan fingerprint density at radius 3 is 2.54 bits per heavy atom. The van der Waals surface area contributed by atoms with Gasteiger partial charge in [-0.25, -0.2) is 4.98 Å². The van der Waals surface area contributed by atoms with Gasteiger partial charge in [-0.05, 0) is 43.7 Å². The first-order valence-electron chi connectivity index (χ1n) is 8.50. The fraction of sp³-hybridized carbons (Fsp3) is 0.421. The topological polar surface area (TPSA) is 34.1 Å². The summed E-state index contributed by atoms with van der Waals surface area (Å²) in [5.74, 6) is 0.672. The first kappa shape index (κ1) is 19.0. The monoisotopic (exact) mass is 384 g/mol. The number of benzene rings is 1. The first-order valence-corrected chi connectivity index (χ1v) is 8.88. The summed E-state index contributed by atoms with van der Waals surface area (Å²) < 4.78 is 43.8. The van der Waals surface area contributed by atoms with Crippen LogP contribution in [0.3, 0.4) is 0 Å². The molecule has 7 heteroatoms. The molecule has 0 aliphatic carbocycles. The second-order valence-corrected chi connectivity index (χ2v) is 6.96. The number of nitrogens with one attached hydrogen (secondary N) is 1. The van der Waals surface area contributed by atoms with Crippen LogP contribution in [0, 0.1) is 5.92 Å². The first-order chi connectivity index (χ1) is 12.3. The van der Waals surface area contributed by atoms with Crippen molar-refractivity contribution in [2.24, 2.45) is 5.92 Å². The largest absolute Gasteiger partial charge is 0.474 e. The van der Waals surface area contributed by atoms with Gasteiger partial charge >= 0.3 is 6.18 Å². The van der Waals surface area contributed by atoms with E-state index in [4.69, 9.17) is 16.3 Å². The molecule has 140 valence electrons. The summed E-state index contributed by atoms with van der Waals surface area (Å²) in [7, 11) is 0. The second kappa shape index (κ2) is 7.84. The van der Waals surface area contributed by atoms with E-state index in [1.165, 1.54) is 11.6 Å². The molecule has 1 unspecified atom stereocenters. The summed E-state index contributed by atoms with van der Waals surface area (Å²) in [5, 5.41) is 4.08. The highest BCUT2D eigenvalue weighted by molar-refractivity contribution is 6.30. The second-order valence-electron chi connectivity index (χ2n) is 6.52. The molecule has 0 bridgehead atoms. The van der Waals surface area contributed by atoms with Crippen LogP contribution in [-0.2, 0) is 6.18 Å². The predicted molar refractivity (Wildman–Crippen MR) is 94.5 cm³/mol. The molecule has 1 fully saturated rings. The minimum atomic E-state index is -4.40. The van der Waals surface area contributed by atoms with Gasteiger partial charge in [-0.2, -0.15) is 13.2 Å². The van der Waals surface area contributed by atoms with Gasteiger partial charge in [-0.1, -0.05) is 23.7 Å². The highest BCUT2D eigenvalue weighted by atomic mass is 35.5. The number of ether oxygens (including phenoxy) is 1. The summed E-state index contributed by atoms with van der Waals surface area (Å²) in [6, 6.07) is 10.0. The fourth-order valence-electron chi connectivity index (χ4n) is 3.41. The number of hydrogen-bond donors (Lipinski definition) is 1. The van der Waals surface area contributed by atoms with Crippen LogP contribution in [0.2, 0.25) is 5.02 Å². The molecule has 0 amide bonds. The quantitative estimate of drug-likeness (QED) is 0.812. The van der Waals surface area contributed by atoms with Crippen molar-refractivity contribution < 1.29 is 17.9 Å². The van der Waals surface area contributed by atoms with Crippen LogP contribution in [0.15, 0.2) is 42.6 Å². The third-order valence-electron chi connectivity index (χ3n) is 4.81. The molecular weight excluding hydrogens is 365 g/mol. The smallest absolute Gasteiger partial charge is 0.417 e. The molecule has 2 heterocycles. The highest BCUT2D eigenvalue weighted by Crippen LogP contribution is 2.34. The number of aromatic nitrogens is 1. The maximum Gasteiger partial charge on any atom is 0.417 e. The molecule has 1 N–H and O–H groups in total. The molecule has 3 nitrogen and oxygen atoms in total. The maximum atomic E-state index is 12.6. The van der Waals surface area contributed by atoms with Gasteiger partial charge < -0.3 is 10.1 Å². The van der Waals surface area contributed by atoms with Crippen LogP contribution >= 0.6 is 11.6 Å². The van der Waals surface area contributed by atoms with Crippen molar-refractivity contribution in [1.29, 1.82) is 0 Å². The molecule has 1 aliphatic heterocycles. The van der Waals surface area contributed by atoms with Crippen molar-refractivity contribution in [3.63, 3.8) is 0 Å². The fourth-order valence-corrected chi connectivity index (χ4v) is 3.54. The molecule has 1 aliphatic rings. The SMILES string of the molecule is C[C@H](Oc1ccc(C(F)(F)F)cn1)C1CCNC[C@@H]1c1ccc(Cl)cc1. The van der Waals surface area contributed by atoms with E-state index in [0.29, 0.717) is 5.02 Å². The number of pyridine rings is 1. The number of nitrogens with zero attached hydrogens (tertiary/aromatic N) is 1. The molecule has 1 aromatic heterocycles. The predicted octanol–water partition coefficient (Wildman–Crippen LogP) is 4.91. The van der Waals surface area contributed by atoms with Crippen LogP contribution < -0.4 is 10.1 Å². The molecule has 0 spiro atoms. The van der Waals surface area contributed by atoms with Gasteiger partial charge in [0.15, 0.2) is 0 Å². The van der Waals surface area contributed by atoms with Crippen LogP contribution in [0.4, 0.5) is 13.2 Å². The van der Waals surface area contributed by atoms with E-state index in [1.54, 1.807) is 0 Å². The van der Waals surface area contributed by atoms with Crippen molar-refractivity contribution in [2.75, 3.05) is 13.1 Å². The van der Waals surface area contributed by atoms with Crippen LogP contribution in [0.1, 0.15) is 30.4 Å². The molecule has 3 rings (SSSR count). The lowest BCUT2D eigenvalue weighted by molar-refractivity contribution is -0.137. The van der Waals surface area contributed by atoms with Crippen LogP contribution in [0.25, 0.3) is 0 Å². The van der Waals surface area contributed by atoms with E-state index < -0.39 is 11.7 Å². The van der Waals surface area contributed by atoms with Crippen molar-refractivity contribution in [3.8, 4) is 5.88 Å². The Morgan fingerprint density at radius 1 is 1.19 bits per heavy atom. The van der Waals surface area contributed by atoms with Gasteiger partial charge in [-0.3, -0.25) is 0 Å². The Hall–Kier alpha value is -1.79. The summed E-state index contributed by atoms with van der Waals surface area (Å²) in [5.41, 5.74) is 0.390. The average molecular weight is 385 g/mol. The lowest BCUT2D eigenvalue weighted by atomic mass is 9.78. The van der Waals surface area contributed by atoms with Crippen molar-refractivity contribution in [3.05, 3.63) is 58.7 Å². The minimum Gasteiger partial charge on any atom is -0.474 e. The molecule has 0 radical (unpaired) electrons. The van der Waals surface area contributed by atoms with Crippen molar-refractivity contribution >= 4 is 11.6 Å². The number of alkyl halides is 3. The molecular formula is C19H20ClF3N2O. The van der Waals surface area contributed by atoms with Gasteiger partial charge in [0.1, 0.15) is 6.10 Å². The normalized spacial score (nSPS) is 22.0. The van der Waals surface area contributed by atoms with E-state index in [2.05, 4.69) is 10.3 Å². The average Bonchev–Trinajstić information content (AvgIpc) is 2.62. The molecule has 0 saturated carbocycles. The van der Waals surface area contributed by atoms with Crippen molar-refractivity contribution in [1.82, 2.24) is 10.3 Å². The van der Waals surface area contributed by atoms with Gasteiger partial charge in [0.05, 0.1) is 5.56 Å². The minimum absolute atomic E-state index is 0.179. The number of rotatable bonds is 4. The van der Waals surface area contributed by atoms with Crippen LogP contribution in [-0.4, -0.2) is 24.2 Å². The van der Waals surface area contributed by atoms with E-state index in [9.17, 15) is 13.2 Å². The Labute approximate surface area is 155 Å². The Kier molecular flexibility index (Phi) is 5.73. The molecule has 1 aromatic carbocycles. The zero-order valence-corrected chi connectivity index (χ0v) is 15.0. The molecule has 3 atom stereocenters. The lowest BCUT2D eigenvalue weighted by Gasteiger charge is -2.36. The highest BCUT2D eigenvalue weighted by Gasteiger charge is 2.33. The van der Waals surface area contributed by atoms with E-state index >= 15 is 0 Å². The summed E-state index contributed by atoms with van der Waals surface area (Å²) in [6.45, 7) is 3.64. The summed E-state index contributed by atoms with van der Waals surface area (Å²) in [6.07, 6.45) is -2.86. The third kappa shape index (κ3) is 4.48. The van der Waals surface area contributed by atoms with Gasteiger partial charge in [0, 0.05) is 35.7 Å². The zero-order valence-electron chi connectivity index (χ0n) is 14.3. The Balaban J connectivity index is 1.72. The Morgan fingerprint density at radius 2 is 1.92 bits per heavy atom. The summed E-state index contributed by atoms with van der Waals surface area (Å²) >= 11 is 5.97. The van der Waals surface area contributed by atoms with E-state index in [-0.39, 0.29) is 23.8 Å². The molecule has 1 saturated heterocycles. The van der Waals surface area contributed by atoms with Gasteiger partial charge in [0.2, 0.25) is 5.88 Å².